The number of aryl methyl sites for hydroxylation is 1. The number of anilines is 1. The van der Waals surface area contributed by atoms with E-state index < -0.39 is 20.7 Å². The number of aromatic nitrogens is 1. The summed E-state index contributed by atoms with van der Waals surface area (Å²) in [4.78, 5) is 5.27. The molecule has 0 spiro atoms. The largest absolute Gasteiger partial charge is 0.365 e. The molecule has 0 atom stereocenters. The molecule has 1 aromatic heterocycles. The quantitative estimate of drug-likeness (QED) is 0.454. The molecule has 1 rings (SSSR count). The standard InChI is InChI=1S/C14H28N2O6P2S/c1-6-12-11-15-13(25-12)16-14(23(17,19-7-2)20-8-3)24(18,21-9-4)22-10-5/h11,14H,6-10H2,1-5H3,(H,15,16). The topological polar surface area (TPSA) is 96.0 Å². The van der Waals surface area contributed by atoms with Crippen molar-refractivity contribution >= 4 is 31.7 Å². The predicted molar refractivity (Wildman–Crippen MR) is 101 cm³/mol. The Balaban J connectivity index is 3.31. The molecule has 0 unspecified atom stereocenters. The monoisotopic (exact) mass is 414 g/mol. The zero-order valence-corrected chi connectivity index (χ0v) is 18.0. The molecule has 1 N–H and O–H groups in total. The molecule has 0 amide bonds. The van der Waals surface area contributed by atoms with Crippen molar-refractivity contribution in [2.45, 2.75) is 46.6 Å². The first-order valence-electron chi connectivity index (χ1n) is 8.37. The van der Waals surface area contributed by atoms with E-state index in [1.54, 1.807) is 33.9 Å². The first kappa shape index (κ1) is 22.8. The summed E-state index contributed by atoms with van der Waals surface area (Å²) in [5.41, 5.74) is -1.30. The third kappa shape index (κ3) is 6.14. The van der Waals surface area contributed by atoms with Crippen molar-refractivity contribution in [2.75, 3.05) is 31.7 Å². The maximum Gasteiger partial charge on any atom is 0.365 e. The number of rotatable bonds is 13. The van der Waals surface area contributed by atoms with Crippen molar-refractivity contribution in [3.8, 4) is 0 Å². The smallest absolute Gasteiger partial charge is 0.338 e. The molecular formula is C14H28N2O6P2S. The fourth-order valence-corrected chi connectivity index (χ4v) is 7.91. The van der Waals surface area contributed by atoms with E-state index in [4.69, 9.17) is 18.1 Å². The summed E-state index contributed by atoms with van der Waals surface area (Å²) in [5.74, 6) is 0. The lowest BCUT2D eigenvalue weighted by Gasteiger charge is -2.31. The summed E-state index contributed by atoms with van der Waals surface area (Å²) >= 11 is 1.38. The lowest BCUT2D eigenvalue weighted by Crippen LogP contribution is -2.25. The minimum Gasteiger partial charge on any atom is -0.338 e. The molecule has 0 aliphatic carbocycles. The number of hydrogen-bond donors (Lipinski definition) is 1. The summed E-state index contributed by atoms with van der Waals surface area (Å²) in [5, 5.41) is 3.39. The fourth-order valence-electron chi connectivity index (χ4n) is 2.06. The van der Waals surface area contributed by atoms with E-state index in [2.05, 4.69) is 10.3 Å². The predicted octanol–water partition coefficient (Wildman–Crippen LogP) is 4.93. The molecule has 25 heavy (non-hydrogen) atoms. The molecule has 0 saturated carbocycles. The normalized spacial score (nSPS) is 12.7. The second kappa shape index (κ2) is 10.8. The highest BCUT2D eigenvalue weighted by Gasteiger charge is 2.51. The average molecular weight is 414 g/mol. The van der Waals surface area contributed by atoms with Gasteiger partial charge < -0.3 is 23.4 Å². The van der Waals surface area contributed by atoms with E-state index in [-0.39, 0.29) is 26.4 Å². The molecule has 0 saturated heterocycles. The first-order valence-corrected chi connectivity index (χ1v) is 12.4. The van der Waals surface area contributed by atoms with Gasteiger partial charge in [0.25, 0.3) is 0 Å². The van der Waals surface area contributed by atoms with Crippen LogP contribution in [-0.2, 0) is 33.6 Å². The zero-order valence-electron chi connectivity index (χ0n) is 15.4. The van der Waals surface area contributed by atoms with Crippen LogP contribution in [0.15, 0.2) is 6.20 Å². The van der Waals surface area contributed by atoms with Gasteiger partial charge in [0.15, 0.2) is 5.13 Å². The summed E-state index contributed by atoms with van der Waals surface area (Å²) in [6, 6.07) is 0. The molecule has 1 heterocycles. The minimum absolute atomic E-state index is 0.131. The van der Waals surface area contributed by atoms with Gasteiger partial charge in [0, 0.05) is 11.1 Å². The molecule has 0 aliphatic rings. The summed E-state index contributed by atoms with van der Waals surface area (Å²) in [7, 11) is -7.67. The molecule has 146 valence electrons. The van der Waals surface area contributed by atoms with Gasteiger partial charge >= 0.3 is 15.2 Å². The van der Waals surface area contributed by atoms with Crippen molar-refractivity contribution < 1.29 is 27.2 Å². The Labute approximate surface area is 153 Å². The maximum atomic E-state index is 13.3. The molecule has 0 fully saturated rings. The first-order chi connectivity index (χ1) is 11.9. The van der Waals surface area contributed by atoms with Gasteiger partial charge in [-0.15, -0.1) is 11.3 Å². The highest BCUT2D eigenvalue weighted by molar-refractivity contribution is 7.73. The second-order valence-corrected chi connectivity index (χ2v) is 10.5. The van der Waals surface area contributed by atoms with Crippen LogP contribution in [0, 0.1) is 0 Å². The molecule has 0 aromatic carbocycles. The summed E-state index contributed by atoms with van der Waals surface area (Å²) < 4.78 is 48.2. The zero-order chi connectivity index (χ0) is 18.9. The molecule has 0 bridgehead atoms. The Morgan fingerprint density at radius 3 is 1.72 bits per heavy atom. The Morgan fingerprint density at radius 2 is 1.40 bits per heavy atom. The third-order valence-corrected chi connectivity index (χ3v) is 9.69. The van der Waals surface area contributed by atoms with Gasteiger partial charge in [-0.05, 0) is 34.1 Å². The molecule has 0 radical (unpaired) electrons. The van der Waals surface area contributed by atoms with Crippen molar-refractivity contribution in [1.29, 1.82) is 0 Å². The van der Waals surface area contributed by atoms with Gasteiger partial charge in [-0.2, -0.15) is 0 Å². The lowest BCUT2D eigenvalue weighted by atomic mass is 10.4. The van der Waals surface area contributed by atoms with Gasteiger partial charge in [0.2, 0.25) is 5.52 Å². The lowest BCUT2D eigenvalue weighted by molar-refractivity contribution is 0.198. The third-order valence-electron chi connectivity index (χ3n) is 2.99. The summed E-state index contributed by atoms with van der Waals surface area (Å²) in [6.07, 6.45) is 2.52. The van der Waals surface area contributed by atoms with Crippen molar-refractivity contribution in [3.05, 3.63) is 11.1 Å². The fraction of sp³-hybridized carbons (Fsp3) is 0.786. The van der Waals surface area contributed by atoms with E-state index in [9.17, 15) is 9.13 Å². The van der Waals surface area contributed by atoms with Crippen LogP contribution in [0.25, 0.3) is 0 Å². The number of hydrogen-bond acceptors (Lipinski definition) is 9. The molecular weight excluding hydrogens is 386 g/mol. The van der Waals surface area contributed by atoms with Crippen LogP contribution in [0.1, 0.15) is 39.5 Å². The van der Waals surface area contributed by atoms with Crippen LogP contribution < -0.4 is 5.32 Å². The van der Waals surface area contributed by atoms with Crippen molar-refractivity contribution in [1.82, 2.24) is 4.98 Å². The second-order valence-electron chi connectivity index (χ2n) is 4.75. The highest BCUT2D eigenvalue weighted by Crippen LogP contribution is 2.70. The van der Waals surface area contributed by atoms with Crippen molar-refractivity contribution in [2.24, 2.45) is 0 Å². The van der Waals surface area contributed by atoms with E-state index in [0.29, 0.717) is 5.13 Å². The number of nitrogens with one attached hydrogen (secondary N) is 1. The highest BCUT2D eigenvalue weighted by atomic mass is 32.1. The Hall–Kier alpha value is -0.270. The van der Waals surface area contributed by atoms with E-state index in [1.807, 2.05) is 6.92 Å². The number of thiazole rings is 1. The summed E-state index contributed by atoms with van der Waals surface area (Å²) in [6.45, 7) is 9.28. The van der Waals surface area contributed by atoms with E-state index >= 15 is 0 Å². The van der Waals surface area contributed by atoms with E-state index in [0.717, 1.165) is 11.3 Å². The van der Waals surface area contributed by atoms with E-state index in [1.165, 1.54) is 11.3 Å². The Kier molecular flexibility index (Phi) is 9.82. The molecule has 8 nitrogen and oxygen atoms in total. The molecule has 11 heteroatoms. The van der Waals surface area contributed by atoms with Gasteiger partial charge in [0.1, 0.15) is 0 Å². The SMILES string of the molecule is CCOP(=O)(OCC)C(Nc1ncc(CC)s1)P(=O)(OCC)OCC. The van der Waals surface area contributed by atoms with Crippen LogP contribution in [0.2, 0.25) is 0 Å². The van der Waals surface area contributed by atoms with Crippen LogP contribution >= 0.6 is 26.5 Å². The van der Waals surface area contributed by atoms with Crippen LogP contribution in [0.4, 0.5) is 5.13 Å². The Morgan fingerprint density at radius 1 is 0.960 bits per heavy atom. The van der Waals surface area contributed by atoms with Gasteiger partial charge in [0.05, 0.1) is 26.4 Å². The Bertz CT molecular complexity index is 562. The van der Waals surface area contributed by atoms with Crippen LogP contribution in [-0.4, -0.2) is 36.9 Å². The minimum atomic E-state index is -3.83. The number of nitrogens with zero attached hydrogens (tertiary/aromatic N) is 1. The van der Waals surface area contributed by atoms with Gasteiger partial charge in [-0.3, -0.25) is 9.13 Å². The van der Waals surface area contributed by atoms with Crippen LogP contribution in [0.3, 0.4) is 0 Å². The molecule has 1 aromatic rings. The van der Waals surface area contributed by atoms with Crippen molar-refractivity contribution in [3.63, 3.8) is 0 Å². The van der Waals surface area contributed by atoms with Gasteiger partial charge in [-0.1, -0.05) is 6.92 Å². The molecule has 0 aliphatic heterocycles. The maximum absolute atomic E-state index is 13.3. The van der Waals surface area contributed by atoms with Gasteiger partial charge in [-0.25, -0.2) is 4.98 Å². The average Bonchev–Trinajstić information content (AvgIpc) is 3.01. The van der Waals surface area contributed by atoms with Crippen LogP contribution in [0.5, 0.6) is 0 Å².